The maximum absolute atomic E-state index is 2.36. The fourth-order valence-corrected chi connectivity index (χ4v) is 4.35. The van der Waals surface area contributed by atoms with Gasteiger partial charge in [-0.05, 0) is 32.1 Å². The van der Waals surface area contributed by atoms with Gasteiger partial charge in [-0.1, -0.05) is 75.0 Å². The molecule has 0 nitrogen and oxygen atoms in total. The molecule has 0 aromatic carbocycles. The van der Waals surface area contributed by atoms with Crippen LogP contribution in [0.2, 0.25) is 0 Å². The monoisotopic (exact) mass is 276 g/mol. The summed E-state index contributed by atoms with van der Waals surface area (Å²) < 4.78 is 0.419. The normalized spacial score (nSPS) is 12.7. The van der Waals surface area contributed by atoms with Gasteiger partial charge in [0, 0.05) is 10.5 Å². The number of rotatable bonds is 10. The first-order chi connectivity index (χ1) is 7.86. The third-order valence-corrected chi connectivity index (χ3v) is 7.04. The van der Waals surface area contributed by atoms with Crippen molar-refractivity contribution in [3.8, 4) is 0 Å². The van der Waals surface area contributed by atoms with E-state index in [0.717, 1.165) is 11.8 Å². The predicted octanol–water partition coefficient (Wildman–Crippen LogP) is 6.41. The van der Waals surface area contributed by atoms with Crippen molar-refractivity contribution >= 4 is 21.6 Å². The summed E-state index contributed by atoms with van der Waals surface area (Å²) in [6.45, 7) is 14.0. The molecule has 0 bridgehead atoms. The summed E-state index contributed by atoms with van der Waals surface area (Å²) in [5.74, 6) is 2.96. The molecule has 0 aromatic heterocycles. The zero-order chi connectivity index (χ0) is 13.3. The molecule has 2 heteroatoms. The minimum Gasteiger partial charge on any atom is -0.0936 e. The lowest BCUT2D eigenvalue weighted by Crippen LogP contribution is -2.21. The van der Waals surface area contributed by atoms with E-state index in [2.05, 4.69) is 63.1 Å². The van der Waals surface area contributed by atoms with Gasteiger partial charge >= 0.3 is 0 Å². The van der Waals surface area contributed by atoms with E-state index in [1.54, 1.807) is 0 Å². The van der Waals surface area contributed by atoms with Crippen molar-refractivity contribution in [3.63, 3.8) is 0 Å². The molecule has 0 spiro atoms. The average molecular weight is 277 g/mol. The molecule has 0 atom stereocenters. The fourth-order valence-electron chi connectivity index (χ4n) is 1.36. The Balaban J connectivity index is 3.30. The van der Waals surface area contributed by atoms with Crippen LogP contribution >= 0.6 is 21.6 Å². The van der Waals surface area contributed by atoms with Gasteiger partial charge in [-0.15, -0.1) is 0 Å². The van der Waals surface area contributed by atoms with Crippen LogP contribution in [0, 0.1) is 11.8 Å². The molecular formula is C15H32S2. The first-order valence-electron chi connectivity index (χ1n) is 7.17. The highest BCUT2D eigenvalue weighted by molar-refractivity contribution is 8.77. The third kappa shape index (κ3) is 10.3. The van der Waals surface area contributed by atoms with Crippen molar-refractivity contribution in [1.29, 1.82) is 0 Å². The minimum absolute atomic E-state index is 0.419. The van der Waals surface area contributed by atoms with Crippen molar-refractivity contribution in [3.05, 3.63) is 0 Å². The number of unbranched alkanes of at least 4 members (excludes halogenated alkanes) is 3. The molecule has 0 saturated heterocycles. The molecule has 0 aromatic rings. The molecule has 17 heavy (non-hydrogen) atoms. The van der Waals surface area contributed by atoms with Crippen molar-refractivity contribution in [2.75, 3.05) is 5.75 Å². The zero-order valence-corrected chi connectivity index (χ0v) is 14.3. The molecule has 0 amide bonds. The van der Waals surface area contributed by atoms with Crippen LogP contribution in [0.3, 0.4) is 0 Å². The quantitative estimate of drug-likeness (QED) is 0.334. The highest BCUT2D eigenvalue weighted by atomic mass is 33.1. The van der Waals surface area contributed by atoms with Crippen molar-refractivity contribution in [1.82, 2.24) is 0 Å². The summed E-state index contributed by atoms with van der Waals surface area (Å²) in [5.41, 5.74) is 0. The lowest BCUT2D eigenvalue weighted by molar-refractivity contribution is 0.507. The van der Waals surface area contributed by atoms with Crippen molar-refractivity contribution < 1.29 is 0 Å². The minimum atomic E-state index is 0.419. The molecule has 104 valence electrons. The molecule has 0 N–H and O–H groups in total. The first kappa shape index (κ1) is 17.7. The van der Waals surface area contributed by atoms with Gasteiger partial charge in [0.2, 0.25) is 0 Å². The molecule has 0 aliphatic heterocycles. The van der Waals surface area contributed by atoms with Gasteiger partial charge in [0.05, 0.1) is 0 Å². The largest absolute Gasteiger partial charge is 0.0936 e. The number of hydrogen-bond donors (Lipinski definition) is 0. The van der Waals surface area contributed by atoms with E-state index < -0.39 is 0 Å². The predicted molar refractivity (Wildman–Crippen MR) is 86.9 cm³/mol. The Hall–Kier alpha value is 0.700. The Morgan fingerprint density at radius 1 is 0.882 bits per heavy atom. The zero-order valence-electron chi connectivity index (χ0n) is 12.7. The fraction of sp³-hybridized carbons (Fsp3) is 1.00. The Morgan fingerprint density at radius 2 is 1.47 bits per heavy atom. The van der Waals surface area contributed by atoms with Gasteiger partial charge in [-0.25, -0.2) is 0 Å². The molecule has 0 saturated carbocycles. The van der Waals surface area contributed by atoms with Gasteiger partial charge in [-0.2, -0.15) is 0 Å². The van der Waals surface area contributed by atoms with E-state index in [4.69, 9.17) is 0 Å². The lowest BCUT2D eigenvalue weighted by atomic mass is 10.00. The Bertz CT molecular complexity index is 174. The van der Waals surface area contributed by atoms with Crippen LogP contribution in [-0.4, -0.2) is 10.5 Å². The smallest absolute Gasteiger partial charge is 0.0230 e. The van der Waals surface area contributed by atoms with E-state index >= 15 is 0 Å². The molecule has 0 radical (unpaired) electrons. The second-order valence-corrected chi connectivity index (χ2v) is 9.33. The van der Waals surface area contributed by atoms with Crippen LogP contribution in [-0.2, 0) is 0 Å². The Labute approximate surface area is 117 Å². The van der Waals surface area contributed by atoms with Crippen LogP contribution < -0.4 is 0 Å². The van der Waals surface area contributed by atoms with Crippen molar-refractivity contribution in [2.24, 2.45) is 11.8 Å². The van der Waals surface area contributed by atoms with Gasteiger partial charge < -0.3 is 0 Å². The molecule has 0 aliphatic carbocycles. The third-order valence-electron chi connectivity index (χ3n) is 3.42. The highest BCUT2D eigenvalue weighted by Gasteiger charge is 2.22. The topological polar surface area (TPSA) is 0 Å². The molecule has 0 heterocycles. The Kier molecular flexibility index (Phi) is 10.0. The van der Waals surface area contributed by atoms with Gasteiger partial charge in [0.25, 0.3) is 0 Å². The summed E-state index contributed by atoms with van der Waals surface area (Å²) in [6.07, 6.45) is 7.07. The van der Waals surface area contributed by atoms with E-state index in [-0.39, 0.29) is 0 Å². The summed E-state index contributed by atoms with van der Waals surface area (Å²) in [7, 11) is 4.14. The highest BCUT2D eigenvalue weighted by Crippen LogP contribution is 2.40. The van der Waals surface area contributed by atoms with Crippen LogP contribution in [0.25, 0.3) is 0 Å². The molecule has 0 fully saturated rings. The van der Waals surface area contributed by atoms with Crippen LogP contribution in [0.15, 0.2) is 0 Å². The van der Waals surface area contributed by atoms with E-state index in [0.29, 0.717) is 4.75 Å². The van der Waals surface area contributed by atoms with E-state index in [9.17, 15) is 0 Å². The van der Waals surface area contributed by atoms with Crippen LogP contribution in [0.1, 0.15) is 73.6 Å². The Morgan fingerprint density at radius 3 is 2.00 bits per heavy atom. The molecule has 0 aliphatic rings. The van der Waals surface area contributed by atoms with E-state index in [1.165, 1.54) is 37.9 Å². The average Bonchev–Trinajstić information content (AvgIpc) is 2.21. The van der Waals surface area contributed by atoms with E-state index in [1.807, 2.05) is 0 Å². The summed E-state index contributed by atoms with van der Waals surface area (Å²) >= 11 is 0. The van der Waals surface area contributed by atoms with Crippen LogP contribution in [0.5, 0.6) is 0 Å². The number of hydrogen-bond acceptors (Lipinski definition) is 2. The SMILES string of the molecule is CC(C)CCCCCCSSC(C)(C)C(C)C. The molecular weight excluding hydrogens is 244 g/mol. The van der Waals surface area contributed by atoms with Gasteiger partial charge in [0.15, 0.2) is 0 Å². The molecule has 0 unspecified atom stereocenters. The summed E-state index contributed by atoms with van der Waals surface area (Å²) in [6, 6.07) is 0. The summed E-state index contributed by atoms with van der Waals surface area (Å²) in [4.78, 5) is 0. The first-order valence-corrected chi connectivity index (χ1v) is 9.48. The van der Waals surface area contributed by atoms with Crippen LogP contribution in [0.4, 0.5) is 0 Å². The summed E-state index contributed by atoms with van der Waals surface area (Å²) in [5, 5.41) is 0. The van der Waals surface area contributed by atoms with Gasteiger partial charge in [0.1, 0.15) is 0 Å². The maximum Gasteiger partial charge on any atom is 0.0230 e. The molecule has 0 rings (SSSR count). The van der Waals surface area contributed by atoms with Gasteiger partial charge in [-0.3, -0.25) is 0 Å². The lowest BCUT2D eigenvalue weighted by Gasteiger charge is -2.27. The second-order valence-electron chi connectivity index (χ2n) is 6.26. The maximum atomic E-state index is 2.36. The standard InChI is InChI=1S/C15H32S2/c1-13(2)11-9-7-8-10-12-16-17-15(5,6)14(3)4/h13-14H,7-12H2,1-6H3. The second kappa shape index (κ2) is 9.61. The van der Waals surface area contributed by atoms with Crippen molar-refractivity contribution in [2.45, 2.75) is 78.4 Å².